The van der Waals surface area contributed by atoms with E-state index in [1.807, 2.05) is 0 Å². The molecule has 0 bridgehead atoms. The Hall–Kier alpha value is -2.18. The molecule has 0 saturated heterocycles. The van der Waals surface area contributed by atoms with Crippen LogP contribution in [0.3, 0.4) is 0 Å². The summed E-state index contributed by atoms with van der Waals surface area (Å²) in [6.07, 6.45) is 2.58. The van der Waals surface area contributed by atoms with Crippen molar-refractivity contribution in [3.8, 4) is 0 Å². The van der Waals surface area contributed by atoms with Gasteiger partial charge in [-0.15, -0.1) is 0 Å². The minimum atomic E-state index is -0.745. The lowest BCUT2D eigenvalue weighted by molar-refractivity contribution is -0.142. The van der Waals surface area contributed by atoms with Gasteiger partial charge in [-0.3, -0.25) is 9.59 Å². The maximum absolute atomic E-state index is 12.2. The Balaban J connectivity index is 1.96. The van der Waals surface area contributed by atoms with E-state index in [4.69, 9.17) is 5.11 Å². The van der Waals surface area contributed by atoms with E-state index in [0.717, 1.165) is 0 Å². The van der Waals surface area contributed by atoms with Crippen molar-refractivity contribution in [2.75, 3.05) is 12.4 Å². The summed E-state index contributed by atoms with van der Waals surface area (Å²) < 4.78 is 0. The van der Waals surface area contributed by atoms with Crippen LogP contribution in [0.4, 0.5) is 5.95 Å². The van der Waals surface area contributed by atoms with Crippen LogP contribution in [-0.4, -0.2) is 40.0 Å². The number of nitrogens with one attached hydrogen (secondary N) is 2. The minimum Gasteiger partial charge on any atom is -0.481 e. The van der Waals surface area contributed by atoms with Gasteiger partial charge in [-0.25, -0.2) is 9.97 Å². The molecule has 1 aliphatic carbocycles. The molecule has 1 heterocycles. The van der Waals surface area contributed by atoms with Crippen LogP contribution in [0.1, 0.15) is 41.9 Å². The SMILES string of the molecule is CNc1nc(C)cc(C(=O)NC2CCC(C(=O)O)CC2)n1. The van der Waals surface area contributed by atoms with E-state index in [0.29, 0.717) is 43.0 Å². The average molecular weight is 292 g/mol. The zero-order valence-corrected chi connectivity index (χ0v) is 12.2. The molecule has 0 spiro atoms. The van der Waals surface area contributed by atoms with Gasteiger partial charge in [0.05, 0.1) is 5.92 Å². The average Bonchev–Trinajstić information content (AvgIpc) is 2.47. The van der Waals surface area contributed by atoms with Crippen LogP contribution in [-0.2, 0) is 4.79 Å². The zero-order chi connectivity index (χ0) is 15.4. The highest BCUT2D eigenvalue weighted by Gasteiger charge is 2.27. The minimum absolute atomic E-state index is 0.0152. The van der Waals surface area contributed by atoms with Crippen LogP contribution in [0.2, 0.25) is 0 Å². The van der Waals surface area contributed by atoms with Gasteiger partial charge in [-0.1, -0.05) is 0 Å². The van der Waals surface area contributed by atoms with Crippen molar-refractivity contribution in [1.82, 2.24) is 15.3 Å². The number of anilines is 1. The Morgan fingerprint density at radius 3 is 2.48 bits per heavy atom. The molecular formula is C14H20N4O3. The molecule has 7 nitrogen and oxygen atoms in total. The van der Waals surface area contributed by atoms with Gasteiger partial charge in [0.25, 0.3) is 5.91 Å². The van der Waals surface area contributed by atoms with Crippen molar-refractivity contribution in [1.29, 1.82) is 0 Å². The standard InChI is InChI=1S/C14H20N4O3/c1-8-7-11(18-14(15-2)16-8)12(19)17-10-5-3-9(4-6-10)13(20)21/h7,9-10H,3-6H2,1-2H3,(H,17,19)(H,20,21)(H,15,16,18). The number of carbonyl (C=O) groups is 2. The lowest BCUT2D eigenvalue weighted by Gasteiger charge is -2.26. The maximum Gasteiger partial charge on any atom is 0.306 e. The van der Waals surface area contributed by atoms with Gasteiger partial charge >= 0.3 is 5.97 Å². The molecule has 1 fully saturated rings. The summed E-state index contributed by atoms with van der Waals surface area (Å²) in [5.74, 6) is -0.856. The lowest BCUT2D eigenvalue weighted by Crippen LogP contribution is -2.39. The monoisotopic (exact) mass is 292 g/mol. The number of nitrogens with zero attached hydrogens (tertiary/aromatic N) is 2. The van der Waals surface area contributed by atoms with Crippen molar-refractivity contribution in [3.63, 3.8) is 0 Å². The molecule has 7 heteroatoms. The fraction of sp³-hybridized carbons (Fsp3) is 0.571. The molecule has 1 aromatic rings. The molecule has 1 saturated carbocycles. The van der Waals surface area contributed by atoms with E-state index in [1.54, 1.807) is 20.0 Å². The first-order chi connectivity index (χ1) is 9.99. The number of carboxylic acid groups (broad SMARTS) is 1. The van der Waals surface area contributed by atoms with Crippen LogP contribution in [0.25, 0.3) is 0 Å². The molecule has 0 atom stereocenters. The van der Waals surface area contributed by atoms with Crippen LogP contribution in [0, 0.1) is 12.8 Å². The lowest BCUT2D eigenvalue weighted by atomic mass is 9.86. The Morgan fingerprint density at radius 1 is 1.24 bits per heavy atom. The van der Waals surface area contributed by atoms with Gasteiger partial charge in [0.15, 0.2) is 0 Å². The molecule has 114 valence electrons. The predicted octanol–water partition coefficient (Wildman–Crippen LogP) is 1.20. The second kappa shape index (κ2) is 6.51. The summed E-state index contributed by atoms with van der Waals surface area (Å²) >= 11 is 0. The van der Waals surface area contributed by atoms with Crippen molar-refractivity contribution in [3.05, 3.63) is 17.5 Å². The number of aliphatic carboxylic acids is 1. The Kier molecular flexibility index (Phi) is 4.72. The van der Waals surface area contributed by atoms with Crippen LogP contribution >= 0.6 is 0 Å². The van der Waals surface area contributed by atoms with Crippen LogP contribution in [0.15, 0.2) is 6.07 Å². The summed E-state index contributed by atoms with van der Waals surface area (Å²) in [5, 5.41) is 14.7. The fourth-order valence-corrected chi connectivity index (χ4v) is 2.54. The van der Waals surface area contributed by atoms with E-state index in [1.165, 1.54) is 0 Å². The second-order valence-corrected chi connectivity index (χ2v) is 5.33. The molecule has 0 radical (unpaired) electrons. The molecular weight excluding hydrogens is 272 g/mol. The normalized spacial score (nSPS) is 21.6. The quantitative estimate of drug-likeness (QED) is 0.770. The number of hydrogen-bond acceptors (Lipinski definition) is 5. The maximum atomic E-state index is 12.2. The third-order valence-electron chi connectivity index (χ3n) is 3.72. The van der Waals surface area contributed by atoms with E-state index in [9.17, 15) is 9.59 Å². The largest absolute Gasteiger partial charge is 0.481 e. The molecule has 0 aromatic carbocycles. The zero-order valence-electron chi connectivity index (χ0n) is 12.2. The van der Waals surface area contributed by atoms with E-state index >= 15 is 0 Å². The first-order valence-electron chi connectivity index (χ1n) is 7.06. The fourth-order valence-electron chi connectivity index (χ4n) is 2.54. The van der Waals surface area contributed by atoms with Gasteiger partial charge in [-0.2, -0.15) is 0 Å². The molecule has 2 rings (SSSR count). The summed E-state index contributed by atoms with van der Waals surface area (Å²) in [7, 11) is 1.70. The Morgan fingerprint density at radius 2 is 1.90 bits per heavy atom. The highest BCUT2D eigenvalue weighted by atomic mass is 16.4. The van der Waals surface area contributed by atoms with Gasteiger partial charge in [0.1, 0.15) is 5.69 Å². The smallest absolute Gasteiger partial charge is 0.306 e. The van der Waals surface area contributed by atoms with E-state index in [-0.39, 0.29) is 17.9 Å². The number of carbonyl (C=O) groups excluding carboxylic acids is 1. The third-order valence-corrected chi connectivity index (χ3v) is 3.72. The molecule has 0 unspecified atom stereocenters. The Labute approximate surface area is 123 Å². The first-order valence-corrected chi connectivity index (χ1v) is 7.06. The van der Waals surface area contributed by atoms with Gasteiger partial charge < -0.3 is 15.7 Å². The third kappa shape index (κ3) is 3.90. The van der Waals surface area contributed by atoms with Crippen molar-refractivity contribution in [2.24, 2.45) is 5.92 Å². The summed E-state index contributed by atoms with van der Waals surface area (Å²) in [6, 6.07) is 1.65. The molecule has 1 aliphatic rings. The van der Waals surface area contributed by atoms with Crippen molar-refractivity contribution < 1.29 is 14.7 Å². The first kappa shape index (κ1) is 15.2. The highest BCUT2D eigenvalue weighted by molar-refractivity contribution is 5.92. The van der Waals surface area contributed by atoms with Crippen LogP contribution in [0.5, 0.6) is 0 Å². The number of amides is 1. The van der Waals surface area contributed by atoms with Gasteiger partial charge in [-0.05, 0) is 38.7 Å². The summed E-state index contributed by atoms with van der Waals surface area (Å²) in [4.78, 5) is 31.4. The van der Waals surface area contributed by atoms with Crippen molar-refractivity contribution in [2.45, 2.75) is 38.6 Å². The topological polar surface area (TPSA) is 104 Å². The molecule has 3 N–H and O–H groups in total. The molecule has 0 aliphatic heterocycles. The van der Waals surface area contributed by atoms with E-state index < -0.39 is 5.97 Å². The predicted molar refractivity (Wildman–Crippen MR) is 77.2 cm³/mol. The summed E-state index contributed by atoms with van der Waals surface area (Å²) in [6.45, 7) is 1.80. The van der Waals surface area contributed by atoms with E-state index in [2.05, 4.69) is 20.6 Å². The number of aryl methyl sites for hydroxylation is 1. The Bertz CT molecular complexity index is 539. The molecule has 1 amide bonds. The number of aromatic nitrogens is 2. The number of hydrogen-bond donors (Lipinski definition) is 3. The van der Waals surface area contributed by atoms with Gasteiger partial charge in [0, 0.05) is 18.8 Å². The molecule has 1 aromatic heterocycles. The number of carboxylic acids is 1. The highest BCUT2D eigenvalue weighted by Crippen LogP contribution is 2.24. The number of rotatable bonds is 4. The molecule has 21 heavy (non-hydrogen) atoms. The summed E-state index contributed by atoms with van der Waals surface area (Å²) in [5.41, 5.74) is 1.04. The van der Waals surface area contributed by atoms with Crippen molar-refractivity contribution >= 4 is 17.8 Å². The second-order valence-electron chi connectivity index (χ2n) is 5.33. The van der Waals surface area contributed by atoms with Gasteiger partial charge in [0.2, 0.25) is 5.95 Å². The van der Waals surface area contributed by atoms with Crippen LogP contribution < -0.4 is 10.6 Å².